The number of benzene rings is 2. The molecular formula is C13H9N2O2+. The highest BCUT2D eigenvalue weighted by atomic mass is 16.7. The summed E-state index contributed by atoms with van der Waals surface area (Å²) in [4.78, 5) is 3.27. The fourth-order valence-electron chi connectivity index (χ4n) is 1.87. The van der Waals surface area contributed by atoms with Crippen LogP contribution >= 0.6 is 0 Å². The maximum absolute atomic E-state index is 8.94. The number of hydrogen-bond donors (Lipinski definition) is 0. The molecule has 2 aromatic rings. The van der Waals surface area contributed by atoms with E-state index in [1.807, 2.05) is 36.4 Å². The lowest BCUT2D eigenvalue weighted by molar-refractivity contribution is 0.174. The molecule has 0 bridgehead atoms. The number of rotatable bonds is 1. The van der Waals surface area contributed by atoms with E-state index in [1.165, 1.54) is 0 Å². The van der Waals surface area contributed by atoms with E-state index in [0.29, 0.717) is 5.69 Å². The van der Waals surface area contributed by atoms with Crippen molar-refractivity contribution in [3.05, 3.63) is 47.4 Å². The smallest absolute Gasteiger partial charge is 0.392 e. The fraction of sp³-hybridized carbons (Fsp3) is 0.0769. The second-order valence-electron chi connectivity index (χ2n) is 3.69. The second kappa shape index (κ2) is 3.80. The molecule has 1 heterocycles. The molecule has 0 fully saturated rings. The molecule has 0 aliphatic carbocycles. The van der Waals surface area contributed by atoms with Crippen LogP contribution in [0, 0.1) is 5.39 Å². The first-order valence-electron chi connectivity index (χ1n) is 5.22. The highest BCUT2D eigenvalue weighted by molar-refractivity contribution is 5.79. The number of ether oxygens (including phenoxy) is 2. The van der Waals surface area contributed by atoms with Crippen LogP contribution in [0.1, 0.15) is 0 Å². The lowest BCUT2D eigenvalue weighted by atomic mass is 10.0. The molecule has 82 valence electrons. The van der Waals surface area contributed by atoms with Gasteiger partial charge in [0.2, 0.25) is 12.2 Å². The number of hydrogen-bond acceptors (Lipinski definition) is 3. The van der Waals surface area contributed by atoms with Gasteiger partial charge in [-0.1, -0.05) is 18.2 Å². The summed E-state index contributed by atoms with van der Waals surface area (Å²) in [6.45, 7) is 0.255. The Labute approximate surface area is 98.0 Å². The topological polar surface area (TPSA) is 46.6 Å². The van der Waals surface area contributed by atoms with Crippen LogP contribution in [0.25, 0.3) is 16.1 Å². The van der Waals surface area contributed by atoms with E-state index in [2.05, 4.69) is 4.98 Å². The van der Waals surface area contributed by atoms with E-state index >= 15 is 0 Å². The van der Waals surface area contributed by atoms with Gasteiger partial charge in [0.1, 0.15) is 0 Å². The van der Waals surface area contributed by atoms with Crippen molar-refractivity contribution in [3.8, 4) is 22.6 Å². The quantitative estimate of drug-likeness (QED) is 0.697. The molecule has 0 saturated heterocycles. The SMILES string of the molecule is N#[N+]c1ccccc1-c1ccc2c(c1)OCO2. The molecule has 0 radical (unpaired) electrons. The Hall–Kier alpha value is -2.54. The van der Waals surface area contributed by atoms with Crippen molar-refractivity contribution in [1.82, 2.24) is 0 Å². The third kappa shape index (κ3) is 1.58. The normalized spacial score (nSPS) is 12.2. The Morgan fingerprint density at radius 2 is 1.82 bits per heavy atom. The number of fused-ring (bicyclic) bond motifs is 1. The largest absolute Gasteiger partial charge is 0.454 e. The Morgan fingerprint density at radius 3 is 2.71 bits per heavy atom. The lowest BCUT2D eigenvalue weighted by Gasteiger charge is -2.00. The maximum atomic E-state index is 8.94. The van der Waals surface area contributed by atoms with Gasteiger partial charge >= 0.3 is 5.69 Å². The van der Waals surface area contributed by atoms with Crippen molar-refractivity contribution in [2.24, 2.45) is 0 Å². The van der Waals surface area contributed by atoms with Crippen LogP contribution < -0.4 is 9.47 Å². The van der Waals surface area contributed by atoms with Gasteiger partial charge in [0.15, 0.2) is 16.5 Å². The lowest BCUT2D eigenvalue weighted by Crippen LogP contribution is -1.92. The van der Waals surface area contributed by atoms with Crippen LogP contribution in [0.3, 0.4) is 0 Å². The van der Waals surface area contributed by atoms with E-state index in [0.717, 1.165) is 22.6 Å². The van der Waals surface area contributed by atoms with E-state index < -0.39 is 0 Å². The monoisotopic (exact) mass is 225 g/mol. The van der Waals surface area contributed by atoms with Crippen LogP contribution in [0.2, 0.25) is 0 Å². The molecule has 3 rings (SSSR count). The third-order valence-corrected chi connectivity index (χ3v) is 2.70. The summed E-state index contributed by atoms with van der Waals surface area (Å²) in [7, 11) is 0. The summed E-state index contributed by atoms with van der Waals surface area (Å²) >= 11 is 0. The van der Waals surface area contributed by atoms with E-state index in [4.69, 9.17) is 14.9 Å². The zero-order chi connectivity index (χ0) is 11.7. The number of diazo groups is 1. The fourth-order valence-corrected chi connectivity index (χ4v) is 1.87. The predicted octanol–water partition coefficient (Wildman–Crippen LogP) is 3.57. The summed E-state index contributed by atoms with van der Waals surface area (Å²) in [6, 6.07) is 13.0. The predicted molar refractivity (Wildman–Crippen MR) is 62.7 cm³/mol. The third-order valence-electron chi connectivity index (χ3n) is 2.70. The van der Waals surface area contributed by atoms with Crippen molar-refractivity contribution in [2.75, 3.05) is 6.79 Å². The summed E-state index contributed by atoms with van der Waals surface area (Å²) in [5.41, 5.74) is 2.32. The molecule has 0 saturated carbocycles. The summed E-state index contributed by atoms with van der Waals surface area (Å²) in [6.07, 6.45) is 0. The number of nitrogens with zero attached hydrogens (tertiary/aromatic N) is 2. The molecule has 0 spiro atoms. The second-order valence-corrected chi connectivity index (χ2v) is 3.69. The van der Waals surface area contributed by atoms with Crippen molar-refractivity contribution in [3.63, 3.8) is 0 Å². The Balaban J connectivity index is 2.13. The van der Waals surface area contributed by atoms with Gasteiger partial charge in [0.25, 0.3) is 0 Å². The molecule has 17 heavy (non-hydrogen) atoms. The van der Waals surface area contributed by atoms with Gasteiger partial charge in [0, 0.05) is 6.07 Å². The van der Waals surface area contributed by atoms with Crippen molar-refractivity contribution >= 4 is 5.69 Å². The van der Waals surface area contributed by atoms with Crippen molar-refractivity contribution in [1.29, 1.82) is 5.39 Å². The van der Waals surface area contributed by atoms with Crippen LogP contribution in [0.15, 0.2) is 42.5 Å². The molecule has 0 N–H and O–H groups in total. The van der Waals surface area contributed by atoms with Crippen molar-refractivity contribution in [2.45, 2.75) is 0 Å². The molecule has 0 amide bonds. The molecule has 4 heteroatoms. The van der Waals surface area contributed by atoms with Gasteiger partial charge in [-0.15, -0.1) is 0 Å². The van der Waals surface area contributed by atoms with Crippen LogP contribution in [-0.2, 0) is 0 Å². The van der Waals surface area contributed by atoms with Gasteiger partial charge in [-0.3, -0.25) is 0 Å². The first-order valence-corrected chi connectivity index (χ1v) is 5.22. The highest BCUT2D eigenvalue weighted by Crippen LogP contribution is 2.38. The Bertz CT molecular complexity index is 617. The summed E-state index contributed by atoms with van der Waals surface area (Å²) in [5.74, 6) is 1.46. The van der Waals surface area contributed by atoms with E-state index in [9.17, 15) is 0 Å². The standard InChI is InChI=1S/C13H9N2O2/c14-15-11-4-2-1-3-10(11)9-5-6-12-13(7-9)17-8-16-12/h1-7H,8H2/q+1. The average Bonchev–Trinajstić information content (AvgIpc) is 2.85. The van der Waals surface area contributed by atoms with E-state index in [1.54, 1.807) is 6.07 Å². The zero-order valence-corrected chi connectivity index (χ0v) is 8.96. The average molecular weight is 225 g/mol. The summed E-state index contributed by atoms with van der Waals surface area (Å²) < 4.78 is 10.6. The minimum Gasteiger partial charge on any atom is -0.454 e. The van der Waals surface area contributed by atoms with Gasteiger partial charge in [-0.2, -0.15) is 0 Å². The van der Waals surface area contributed by atoms with Gasteiger partial charge in [0.05, 0.1) is 5.56 Å². The maximum Gasteiger partial charge on any atom is 0.392 e. The molecule has 1 aliphatic heterocycles. The highest BCUT2D eigenvalue weighted by Gasteiger charge is 2.18. The molecule has 0 atom stereocenters. The molecule has 2 aromatic carbocycles. The van der Waals surface area contributed by atoms with Crippen LogP contribution in [0.4, 0.5) is 5.69 Å². The first-order chi connectivity index (χ1) is 8.38. The molecule has 1 aliphatic rings. The summed E-state index contributed by atoms with van der Waals surface area (Å²) in [5, 5.41) is 8.94. The van der Waals surface area contributed by atoms with Crippen molar-refractivity contribution < 1.29 is 9.47 Å². The molecule has 4 nitrogen and oxygen atoms in total. The van der Waals surface area contributed by atoms with Gasteiger partial charge in [-0.25, -0.2) is 0 Å². The Morgan fingerprint density at radius 1 is 1.00 bits per heavy atom. The molecule has 0 unspecified atom stereocenters. The Kier molecular flexibility index (Phi) is 2.16. The first kappa shape index (κ1) is 9.67. The minimum absolute atomic E-state index is 0.255. The van der Waals surface area contributed by atoms with Gasteiger partial charge in [-0.05, 0) is 23.8 Å². The van der Waals surface area contributed by atoms with Gasteiger partial charge < -0.3 is 9.47 Å². The molecule has 0 aromatic heterocycles. The minimum atomic E-state index is 0.255. The molecular weight excluding hydrogens is 216 g/mol. The zero-order valence-electron chi connectivity index (χ0n) is 8.96. The van der Waals surface area contributed by atoms with Crippen LogP contribution in [-0.4, -0.2) is 6.79 Å². The van der Waals surface area contributed by atoms with E-state index in [-0.39, 0.29) is 6.79 Å². The van der Waals surface area contributed by atoms with Crippen LogP contribution in [0.5, 0.6) is 11.5 Å².